The molecule has 1 saturated carbocycles. The molecule has 1 amide bonds. The van der Waals surface area contributed by atoms with Gasteiger partial charge in [-0.15, -0.1) is 0 Å². The molecule has 0 radical (unpaired) electrons. The van der Waals surface area contributed by atoms with E-state index in [0.717, 1.165) is 31.4 Å². The molecule has 6 heteroatoms. The van der Waals surface area contributed by atoms with Gasteiger partial charge in [0.15, 0.2) is 5.82 Å². The molecule has 0 heterocycles. The summed E-state index contributed by atoms with van der Waals surface area (Å²) < 4.78 is 27.2. The van der Waals surface area contributed by atoms with Crippen LogP contribution in [0.4, 0.5) is 14.5 Å². The van der Waals surface area contributed by atoms with E-state index in [1.54, 1.807) is 0 Å². The van der Waals surface area contributed by atoms with E-state index in [2.05, 4.69) is 5.32 Å². The Kier molecular flexibility index (Phi) is 4.54. The third-order valence-electron chi connectivity index (χ3n) is 3.74. The molecule has 20 heavy (non-hydrogen) atoms. The molecule has 1 fully saturated rings. The van der Waals surface area contributed by atoms with Gasteiger partial charge in [0.05, 0.1) is 11.8 Å². The van der Waals surface area contributed by atoms with Crippen LogP contribution < -0.4 is 11.1 Å². The number of benzene rings is 1. The van der Waals surface area contributed by atoms with Crippen LogP contribution in [0.3, 0.4) is 0 Å². The molecule has 0 aromatic heterocycles. The van der Waals surface area contributed by atoms with Crippen molar-refractivity contribution in [3.8, 4) is 0 Å². The van der Waals surface area contributed by atoms with Crippen molar-refractivity contribution in [2.24, 2.45) is 5.92 Å². The van der Waals surface area contributed by atoms with Crippen LogP contribution >= 0.6 is 0 Å². The predicted octanol–water partition coefficient (Wildman–Crippen LogP) is 1.83. The van der Waals surface area contributed by atoms with Crippen molar-refractivity contribution in [2.45, 2.75) is 31.8 Å². The van der Waals surface area contributed by atoms with Gasteiger partial charge >= 0.3 is 0 Å². The van der Waals surface area contributed by atoms with Gasteiger partial charge in [0.1, 0.15) is 11.4 Å². The zero-order valence-corrected chi connectivity index (χ0v) is 11.0. The Balaban J connectivity index is 2.03. The van der Waals surface area contributed by atoms with Gasteiger partial charge in [-0.2, -0.15) is 0 Å². The SMILES string of the molecule is Nc1ccc(F)c(C(=O)NCC2CCCCC2O)c1F. The number of aliphatic hydroxyl groups excluding tert-OH is 1. The summed E-state index contributed by atoms with van der Waals surface area (Å²) in [7, 11) is 0. The molecule has 0 saturated heterocycles. The minimum Gasteiger partial charge on any atom is -0.396 e. The van der Waals surface area contributed by atoms with Crippen molar-refractivity contribution < 1.29 is 18.7 Å². The minimum atomic E-state index is -1.05. The molecule has 0 bridgehead atoms. The molecule has 2 unspecified atom stereocenters. The first-order chi connectivity index (χ1) is 9.50. The average Bonchev–Trinajstić information content (AvgIpc) is 2.42. The lowest BCUT2D eigenvalue weighted by atomic mass is 9.86. The second-order valence-electron chi connectivity index (χ2n) is 5.15. The van der Waals surface area contributed by atoms with Crippen molar-refractivity contribution in [1.29, 1.82) is 0 Å². The number of carbonyl (C=O) groups is 1. The first-order valence-corrected chi connectivity index (χ1v) is 6.70. The van der Waals surface area contributed by atoms with Gasteiger partial charge in [-0.3, -0.25) is 4.79 Å². The first-order valence-electron chi connectivity index (χ1n) is 6.70. The van der Waals surface area contributed by atoms with E-state index in [9.17, 15) is 18.7 Å². The lowest BCUT2D eigenvalue weighted by Crippen LogP contribution is -2.37. The summed E-state index contributed by atoms with van der Waals surface area (Å²) in [6.45, 7) is 0.202. The Hall–Kier alpha value is -1.69. The molecule has 2 atom stereocenters. The van der Waals surface area contributed by atoms with Gasteiger partial charge in [-0.25, -0.2) is 8.78 Å². The van der Waals surface area contributed by atoms with Crippen LogP contribution in [0.15, 0.2) is 12.1 Å². The zero-order valence-electron chi connectivity index (χ0n) is 11.0. The van der Waals surface area contributed by atoms with E-state index in [1.165, 1.54) is 0 Å². The fourth-order valence-electron chi connectivity index (χ4n) is 2.52. The lowest BCUT2D eigenvalue weighted by molar-refractivity contribution is 0.0661. The number of aliphatic hydroxyl groups is 1. The maximum absolute atomic E-state index is 13.7. The third kappa shape index (κ3) is 3.07. The maximum atomic E-state index is 13.7. The van der Waals surface area contributed by atoms with Crippen molar-refractivity contribution >= 4 is 11.6 Å². The van der Waals surface area contributed by atoms with Crippen LogP contribution in [-0.2, 0) is 0 Å². The molecular formula is C14H18F2N2O2. The van der Waals surface area contributed by atoms with Crippen molar-refractivity contribution in [3.63, 3.8) is 0 Å². The Bertz CT molecular complexity index is 508. The maximum Gasteiger partial charge on any atom is 0.257 e. The summed E-state index contributed by atoms with van der Waals surface area (Å²) in [4.78, 5) is 11.9. The molecule has 1 aromatic rings. The Morgan fingerprint density at radius 2 is 2.05 bits per heavy atom. The van der Waals surface area contributed by atoms with Gasteiger partial charge in [0, 0.05) is 12.5 Å². The lowest BCUT2D eigenvalue weighted by Gasteiger charge is -2.27. The van der Waals surface area contributed by atoms with E-state index >= 15 is 0 Å². The summed E-state index contributed by atoms with van der Waals surface area (Å²) in [6.07, 6.45) is 2.97. The highest BCUT2D eigenvalue weighted by Gasteiger charge is 2.25. The minimum absolute atomic E-state index is 0.0696. The monoisotopic (exact) mass is 284 g/mol. The molecular weight excluding hydrogens is 266 g/mol. The van der Waals surface area contributed by atoms with Crippen molar-refractivity contribution in [3.05, 3.63) is 29.3 Å². The Morgan fingerprint density at radius 3 is 2.75 bits per heavy atom. The highest BCUT2D eigenvalue weighted by Crippen LogP contribution is 2.24. The Labute approximate surface area is 116 Å². The van der Waals surface area contributed by atoms with Crippen molar-refractivity contribution in [1.82, 2.24) is 5.32 Å². The molecule has 0 spiro atoms. The number of amides is 1. The number of anilines is 1. The topological polar surface area (TPSA) is 75.4 Å². The Morgan fingerprint density at radius 1 is 1.35 bits per heavy atom. The summed E-state index contributed by atoms with van der Waals surface area (Å²) >= 11 is 0. The smallest absolute Gasteiger partial charge is 0.257 e. The third-order valence-corrected chi connectivity index (χ3v) is 3.74. The van der Waals surface area contributed by atoms with Crippen LogP contribution in [0.25, 0.3) is 0 Å². The van der Waals surface area contributed by atoms with Crippen LogP contribution in [0, 0.1) is 17.6 Å². The average molecular weight is 284 g/mol. The number of rotatable bonds is 3. The number of hydrogen-bond donors (Lipinski definition) is 3. The number of carbonyl (C=O) groups excluding carboxylic acids is 1. The molecule has 1 aliphatic carbocycles. The van der Waals surface area contributed by atoms with Gasteiger partial charge in [0.2, 0.25) is 0 Å². The van der Waals surface area contributed by atoms with E-state index < -0.39 is 29.2 Å². The van der Waals surface area contributed by atoms with Gasteiger partial charge in [0.25, 0.3) is 5.91 Å². The highest BCUT2D eigenvalue weighted by molar-refractivity contribution is 5.95. The fourth-order valence-corrected chi connectivity index (χ4v) is 2.52. The van der Waals surface area contributed by atoms with Crippen LogP contribution in [-0.4, -0.2) is 23.7 Å². The second-order valence-corrected chi connectivity index (χ2v) is 5.15. The molecule has 0 aliphatic heterocycles. The fraction of sp³-hybridized carbons (Fsp3) is 0.500. The van der Waals surface area contributed by atoms with Gasteiger partial charge in [-0.1, -0.05) is 12.8 Å². The second kappa shape index (κ2) is 6.17. The van der Waals surface area contributed by atoms with Gasteiger partial charge in [-0.05, 0) is 25.0 Å². The van der Waals surface area contributed by atoms with E-state index in [1.807, 2.05) is 0 Å². The molecule has 4 N–H and O–H groups in total. The van der Waals surface area contributed by atoms with Gasteiger partial charge < -0.3 is 16.2 Å². The molecule has 4 nitrogen and oxygen atoms in total. The first kappa shape index (κ1) is 14.7. The molecule has 1 aromatic carbocycles. The zero-order chi connectivity index (χ0) is 14.7. The van der Waals surface area contributed by atoms with Crippen LogP contribution in [0.5, 0.6) is 0 Å². The van der Waals surface area contributed by atoms with E-state index in [0.29, 0.717) is 6.42 Å². The molecule has 110 valence electrons. The summed E-state index contributed by atoms with van der Waals surface area (Å²) in [5.41, 5.74) is 4.39. The van der Waals surface area contributed by atoms with Crippen LogP contribution in [0.1, 0.15) is 36.0 Å². The summed E-state index contributed by atoms with van der Waals surface area (Å²) in [6, 6.07) is 2.04. The predicted molar refractivity (Wildman–Crippen MR) is 71.1 cm³/mol. The van der Waals surface area contributed by atoms with Crippen molar-refractivity contribution in [2.75, 3.05) is 12.3 Å². The number of nitrogens with one attached hydrogen (secondary N) is 1. The summed E-state index contributed by atoms with van der Waals surface area (Å²) in [5, 5.41) is 12.3. The molecule has 2 rings (SSSR count). The van der Waals surface area contributed by atoms with E-state index in [-0.39, 0.29) is 18.2 Å². The highest BCUT2D eigenvalue weighted by atomic mass is 19.1. The number of halogens is 2. The number of nitrogen functional groups attached to an aromatic ring is 1. The number of nitrogens with two attached hydrogens (primary N) is 1. The van der Waals surface area contributed by atoms with Crippen LogP contribution in [0.2, 0.25) is 0 Å². The summed E-state index contributed by atoms with van der Waals surface area (Å²) in [5.74, 6) is -2.91. The standard InChI is InChI=1S/C14H18F2N2O2/c15-9-5-6-10(17)13(16)12(9)14(20)18-7-8-3-1-2-4-11(8)19/h5-6,8,11,19H,1-4,7,17H2,(H,18,20). The largest absolute Gasteiger partial charge is 0.396 e. The molecule has 1 aliphatic rings. The quantitative estimate of drug-likeness (QED) is 0.741. The number of hydrogen-bond acceptors (Lipinski definition) is 3. The van der Waals surface area contributed by atoms with E-state index in [4.69, 9.17) is 5.73 Å². The normalized spacial score (nSPS) is 22.6.